The van der Waals surface area contributed by atoms with Crippen molar-refractivity contribution >= 4 is 28.4 Å². The van der Waals surface area contributed by atoms with E-state index < -0.39 is 5.54 Å². The number of hydrogen-bond donors (Lipinski definition) is 2. The number of carbonyl (C=O) groups excluding carboxylic acids is 1. The van der Waals surface area contributed by atoms with Crippen molar-refractivity contribution in [1.29, 1.82) is 0 Å². The number of carbonyl (C=O) groups is 1. The second-order valence-corrected chi connectivity index (χ2v) is 9.41. The van der Waals surface area contributed by atoms with Gasteiger partial charge in [-0.2, -0.15) is 0 Å². The van der Waals surface area contributed by atoms with Crippen LogP contribution in [-0.4, -0.2) is 46.8 Å². The predicted molar refractivity (Wildman–Crippen MR) is 127 cm³/mol. The van der Waals surface area contributed by atoms with Gasteiger partial charge in [-0.3, -0.25) is 0 Å². The number of hydrogen-bond acceptors (Lipinski definition) is 9. The molecule has 0 aromatic carbocycles. The van der Waals surface area contributed by atoms with Crippen LogP contribution >= 0.6 is 0 Å². The second kappa shape index (κ2) is 8.48. The zero-order chi connectivity index (χ0) is 24.0. The highest BCUT2D eigenvalue weighted by Gasteiger charge is 2.32. The lowest BCUT2D eigenvalue weighted by Crippen LogP contribution is -2.38. The van der Waals surface area contributed by atoms with E-state index in [0.29, 0.717) is 35.4 Å². The van der Waals surface area contributed by atoms with Crippen LogP contribution in [0, 0.1) is 0 Å². The van der Waals surface area contributed by atoms with Gasteiger partial charge in [-0.25, -0.2) is 19.7 Å². The summed E-state index contributed by atoms with van der Waals surface area (Å²) in [6, 6.07) is 5.42. The lowest BCUT2D eigenvalue weighted by atomic mass is 9.91. The Bertz CT molecular complexity index is 1260. The Kier molecular flexibility index (Phi) is 5.61. The fourth-order valence-electron chi connectivity index (χ4n) is 4.20. The Morgan fingerprint density at radius 3 is 2.71 bits per heavy atom. The molecule has 0 amide bonds. The van der Waals surface area contributed by atoms with Crippen LogP contribution in [-0.2, 0) is 15.0 Å². The number of esters is 1. The summed E-state index contributed by atoms with van der Waals surface area (Å²) in [4.78, 5) is 26.1. The molecule has 34 heavy (non-hydrogen) atoms. The quantitative estimate of drug-likeness (QED) is 0.504. The molecule has 0 unspecified atom stereocenters. The van der Waals surface area contributed by atoms with Gasteiger partial charge in [0, 0.05) is 31.0 Å². The molecule has 1 aliphatic carbocycles. The first-order valence-corrected chi connectivity index (χ1v) is 11.5. The van der Waals surface area contributed by atoms with Gasteiger partial charge in [0.15, 0.2) is 0 Å². The maximum Gasteiger partial charge on any atom is 0.340 e. The van der Waals surface area contributed by atoms with Crippen molar-refractivity contribution in [1.82, 2.24) is 15.0 Å². The lowest BCUT2D eigenvalue weighted by molar-refractivity contribution is 0.0235. The van der Waals surface area contributed by atoms with Gasteiger partial charge >= 0.3 is 5.97 Å². The first kappa shape index (κ1) is 22.5. The number of cyclic esters (lactones) is 1. The minimum absolute atomic E-state index is 0.00851. The molecular formula is C25H29N5O4. The van der Waals surface area contributed by atoms with Crippen LogP contribution in [0.25, 0.3) is 10.8 Å². The van der Waals surface area contributed by atoms with Crippen molar-refractivity contribution in [2.45, 2.75) is 57.3 Å². The van der Waals surface area contributed by atoms with Crippen molar-refractivity contribution in [3.63, 3.8) is 0 Å². The molecule has 5 rings (SSSR count). The number of rotatable bonds is 7. The van der Waals surface area contributed by atoms with E-state index in [9.17, 15) is 4.79 Å². The second-order valence-electron chi connectivity index (χ2n) is 9.41. The minimum Gasteiger partial charge on any atom is -0.474 e. The van der Waals surface area contributed by atoms with Gasteiger partial charge in [0.05, 0.1) is 28.8 Å². The van der Waals surface area contributed by atoms with Crippen LogP contribution in [0.4, 0.5) is 11.6 Å². The summed E-state index contributed by atoms with van der Waals surface area (Å²) < 4.78 is 16.8. The molecule has 0 spiro atoms. The van der Waals surface area contributed by atoms with Gasteiger partial charge in [0.2, 0.25) is 5.88 Å². The van der Waals surface area contributed by atoms with Crippen molar-refractivity contribution in [2.75, 3.05) is 19.0 Å². The largest absolute Gasteiger partial charge is 0.474 e. The van der Waals surface area contributed by atoms with Crippen molar-refractivity contribution in [3.8, 4) is 5.88 Å². The van der Waals surface area contributed by atoms with Crippen molar-refractivity contribution in [3.05, 3.63) is 47.4 Å². The maximum absolute atomic E-state index is 12.2. The summed E-state index contributed by atoms with van der Waals surface area (Å²) >= 11 is 0. The van der Waals surface area contributed by atoms with Crippen molar-refractivity contribution < 1.29 is 19.0 Å². The number of anilines is 2. The Labute approximate surface area is 198 Å². The van der Waals surface area contributed by atoms with Crippen LogP contribution in [0.5, 0.6) is 5.88 Å². The Balaban J connectivity index is 1.54. The minimum atomic E-state index is -0.757. The zero-order valence-corrected chi connectivity index (χ0v) is 19.8. The van der Waals surface area contributed by atoms with Gasteiger partial charge in [-0.1, -0.05) is 6.92 Å². The highest BCUT2D eigenvalue weighted by Crippen LogP contribution is 2.36. The Hall–Kier alpha value is -3.30. The topological polar surface area (TPSA) is 121 Å². The normalized spacial score (nSPS) is 21.5. The van der Waals surface area contributed by atoms with E-state index in [0.717, 1.165) is 29.2 Å². The Morgan fingerprint density at radius 2 is 1.97 bits per heavy atom. The summed E-state index contributed by atoms with van der Waals surface area (Å²) in [5, 5.41) is 4.95. The molecule has 9 nitrogen and oxygen atoms in total. The SMILES string of the molecule is COC[C@@](C)(N)c1cnc(OC2CC2)c2cnc(Nc3ccc4c(n3)[C@H](C)[C@H](C)OC4=O)cc12. The van der Waals surface area contributed by atoms with E-state index in [2.05, 4.69) is 15.3 Å². The average Bonchev–Trinajstić information content (AvgIpc) is 3.61. The summed E-state index contributed by atoms with van der Waals surface area (Å²) in [5.74, 6) is 1.39. The summed E-state index contributed by atoms with van der Waals surface area (Å²) in [6.07, 6.45) is 5.54. The number of aromatic nitrogens is 3. The molecule has 1 fully saturated rings. The fraction of sp³-hybridized carbons (Fsp3) is 0.440. The number of ether oxygens (including phenoxy) is 3. The van der Waals surface area contributed by atoms with E-state index in [1.807, 2.05) is 26.8 Å². The fourth-order valence-corrected chi connectivity index (χ4v) is 4.20. The van der Waals surface area contributed by atoms with E-state index in [-0.39, 0.29) is 24.1 Å². The molecule has 0 saturated heterocycles. The molecule has 3 aromatic heterocycles. The van der Waals surface area contributed by atoms with E-state index in [1.165, 1.54) is 0 Å². The molecule has 4 heterocycles. The molecule has 2 aliphatic rings. The molecule has 3 N–H and O–H groups in total. The van der Waals surface area contributed by atoms with Crippen LogP contribution in [0.1, 0.15) is 61.1 Å². The van der Waals surface area contributed by atoms with Gasteiger partial charge in [-0.05, 0) is 50.3 Å². The lowest BCUT2D eigenvalue weighted by Gasteiger charge is -2.27. The molecular weight excluding hydrogens is 434 g/mol. The third-order valence-corrected chi connectivity index (χ3v) is 6.43. The number of nitrogens with one attached hydrogen (secondary N) is 1. The molecule has 1 aliphatic heterocycles. The van der Waals surface area contributed by atoms with Gasteiger partial charge in [-0.15, -0.1) is 0 Å². The highest BCUT2D eigenvalue weighted by atomic mass is 16.5. The molecule has 3 aromatic rings. The van der Waals surface area contributed by atoms with Crippen LogP contribution in [0.2, 0.25) is 0 Å². The van der Waals surface area contributed by atoms with Crippen LogP contribution in [0.3, 0.4) is 0 Å². The summed E-state index contributed by atoms with van der Waals surface area (Å²) in [6.45, 7) is 6.11. The number of pyridine rings is 3. The van der Waals surface area contributed by atoms with Crippen LogP contribution in [0.15, 0.2) is 30.6 Å². The highest BCUT2D eigenvalue weighted by molar-refractivity contribution is 5.93. The van der Waals surface area contributed by atoms with Gasteiger partial charge < -0.3 is 25.3 Å². The molecule has 9 heteroatoms. The van der Waals surface area contributed by atoms with E-state index in [1.54, 1.807) is 31.6 Å². The average molecular weight is 464 g/mol. The third kappa shape index (κ3) is 4.17. The molecule has 0 bridgehead atoms. The van der Waals surface area contributed by atoms with E-state index in [4.69, 9.17) is 24.9 Å². The smallest absolute Gasteiger partial charge is 0.340 e. The predicted octanol–water partition coefficient (Wildman–Crippen LogP) is 3.79. The van der Waals surface area contributed by atoms with Gasteiger partial charge in [0.25, 0.3) is 0 Å². The molecule has 0 radical (unpaired) electrons. The number of methoxy groups -OCH3 is 1. The first-order valence-electron chi connectivity index (χ1n) is 11.5. The molecule has 178 valence electrons. The maximum atomic E-state index is 12.2. The standard InChI is InChI=1S/C25H29N5O4/c1-13-14(2)33-24(31)16-7-8-20(30-22(13)16)29-21-9-17-18(10-27-21)23(34-15-5-6-15)28-11-19(17)25(3,26)12-32-4/h7-11,13-15H,5-6,12,26H2,1-4H3,(H,27,29,30)/t13-,14+,25-/m1/s1. The van der Waals surface area contributed by atoms with Gasteiger partial charge in [0.1, 0.15) is 23.8 Å². The molecule has 3 atom stereocenters. The zero-order valence-electron chi connectivity index (χ0n) is 19.8. The van der Waals surface area contributed by atoms with Crippen LogP contribution < -0.4 is 15.8 Å². The Morgan fingerprint density at radius 1 is 1.18 bits per heavy atom. The number of nitrogens with zero attached hydrogens (tertiary/aromatic N) is 3. The number of nitrogens with two attached hydrogens (primary N) is 1. The summed E-state index contributed by atoms with van der Waals surface area (Å²) in [7, 11) is 1.62. The molecule has 1 saturated carbocycles. The number of fused-ring (bicyclic) bond motifs is 2. The third-order valence-electron chi connectivity index (χ3n) is 6.43. The summed E-state index contributed by atoms with van der Waals surface area (Å²) in [5.41, 5.74) is 7.89. The van der Waals surface area contributed by atoms with Crippen molar-refractivity contribution in [2.24, 2.45) is 5.73 Å². The first-order chi connectivity index (χ1) is 16.3. The van der Waals surface area contributed by atoms with E-state index >= 15 is 0 Å². The monoisotopic (exact) mass is 463 g/mol.